The third-order valence-corrected chi connectivity index (χ3v) is 4.85. The highest BCUT2D eigenvalue weighted by atomic mass is 35.5. The number of halogens is 2. The van der Waals surface area contributed by atoms with Crippen LogP contribution in [-0.2, 0) is 0 Å². The first-order valence-corrected chi connectivity index (χ1v) is 8.61. The first-order chi connectivity index (χ1) is 11.2. The molecule has 1 atom stereocenters. The molecule has 23 heavy (non-hydrogen) atoms. The number of hydrogen-bond donors (Lipinski definition) is 1. The number of nitrogens with one attached hydrogen (secondary N) is 1. The highest BCUT2D eigenvalue weighted by molar-refractivity contribution is 6.42. The van der Waals surface area contributed by atoms with Crippen molar-refractivity contribution in [3.63, 3.8) is 0 Å². The van der Waals surface area contributed by atoms with Gasteiger partial charge in [-0.1, -0.05) is 30.1 Å². The predicted octanol–water partition coefficient (Wildman–Crippen LogP) is 4.69. The monoisotopic (exact) mass is 351 g/mol. The Hall–Kier alpha value is -1.59. The Morgan fingerprint density at radius 2 is 2.13 bits per heavy atom. The largest absolute Gasteiger partial charge is 0.352 e. The van der Waals surface area contributed by atoms with Gasteiger partial charge in [-0.05, 0) is 43.9 Å². The number of anilines is 3. The fourth-order valence-corrected chi connectivity index (χ4v) is 3.21. The molecule has 1 fully saturated rings. The molecule has 1 N–H and O–H groups in total. The fourth-order valence-electron chi connectivity index (χ4n) is 2.92. The number of benzene rings is 1. The minimum absolute atomic E-state index is 0.460. The third-order valence-electron chi connectivity index (χ3n) is 4.11. The molecular formula is C16H19Cl2N5. The van der Waals surface area contributed by atoms with E-state index in [1.165, 1.54) is 19.3 Å². The molecule has 0 radical (unpaired) electrons. The van der Waals surface area contributed by atoms with E-state index in [1.807, 2.05) is 6.07 Å². The van der Waals surface area contributed by atoms with Gasteiger partial charge >= 0.3 is 0 Å². The molecule has 1 aliphatic heterocycles. The van der Waals surface area contributed by atoms with Crippen LogP contribution in [0.1, 0.15) is 32.6 Å². The second kappa shape index (κ2) is 7.32. The summed E-state index contributed by atoms with van der Waals surface area (Å²) >= 11 is 12.0. The summed E-state index contributed by atoms with van der Waals surface area (Å²) in [5, 5.41) is 12.3. The van der Waals surface area contributed by atoms with Gasteiger partial charge in [-0.3, -0.25) is 0 Å². The summed E-state index contributed by atoms with van der Waals surface area (Å²) in [5.41, 5.74) is 0.782. The second-order valence-electron chi connectivity index (χ2n) is 5.64. The smallest absolute Gasteiger partial charge is 0.249 e. The summed E-state index contributed by atoms with van der Waals surface area (Å²) in [7, 11) is 0. The van der Waals surface area contributed by atoms with Crippen molar-refractivity contribution in [2.75, 3.05) is 16.8 Å². The van der Waals surface area contributed by atoms with Crippen molar-refractivity contribution in [3.05, 3.63) is 34.4 Å². The summed E-state index contributed by atoms with van der Waals surface area (Å²) in [6, 6.07) is 5.84. The van der Waals surface area contributed by atoms with Gasteiger partial charge in [0.15, 0.2) is 5.82 Å². The fraction of sp³-hybridized carbons (Fsp3) is 0.438. The van der Waals surface area contributed by atoms with Crippen molar-refractivity contribution in [3.8, 4) is 0 Å². The minimum Gasteiger partial charge on any atom is -0.352 e. The molecule has 2 aromatic rings. The van der Waals surface area contributed by atoms with E-state index < -0.39 is 0 Å². The van der Waals surface area contributed by atoms with E-state index in [-0.39, 0.29) is 0 Å². The quantitative estimate of drug-likeness (QED) is 0.865. The van der Waals surface area contributed by atoms with Gasteiger partial charge in [-0.15, -0.1) is 5.10 Å². The van der Waals surface area contributed by atoms with Crippen LogP contribution in [0.3, 0.4) is 0 Å². The molecule has 1 saturated heterocycles. The molecule has 1 aromatic carbocycles. The molecule has 5 nitrogen and oxygen atoms in total. The normalized spacial score (nSPS) is 18.0. The molecule has 2 heterocycles. The number of piperidine rings is 1. The maximum absolute atomic E-state index is 6.03. The highest BCUT2D eigenvalue weighted by Crippen LogP contribution is 2.27. The zero-order chi connectivity index (χ0) is 16.2. The molecular weight excluding hydrogens is 333 g/mol. The summed E-state index contributed by atoms with van der Waals surface area (Å²) in [4.78, 5) is 6.94. The first kappa shape index (κ1) is 16.3. The van der Waals surface area contributed by atoms with Crippen molar-refractivity contribution in [2.45, 2.75) is 38.6 Å². The second-order valence-corrected chi connectivity index (χ2v) is 6.46. The minimum atomic E-state index is 0.460. The summed E-state index contributed by atoms with van der Waals surface area (Å²) in [6.45, 7) is 3.23. The summed E-state index contributed by atoms with van der Waals surface area (Å²) in [5.74, 6) is 1.33. The lowest BCUT2D eigenvalue weighted by Crippen LogP contribution is -2.39. The molecule has 1 unspecified atom stereocenters. The molecule has 0 bridgehead atoms. The molecule has 0 saturated carbocycles. The average molecular weight is 352 g/mol. The topological polar surface area (TPSA) is 53.9 Å². The van der Waals surface area contributed by atoms with Crippen molar-refractivity contribution in [2.24, 2.45) is 0 Å². The van der Waals surface area contributed by atoms with Gasteiger partial charge in [0.25, 0.3) is 0 Å². The molecule has 1 aliphatic rings. The van der Waals surface area contributed by atoms with Gasteiger partial charge in [-0.25, -0.2) is 0 Å². The number of aromatic nitrogens is 3. The Morgan fingerprint density at radius 3 is 2.91 bits per heavy atom. The van der Waals surface area contributed by atoms with E-state index >= 15 is 0 Å². The maximum Gasteiger partial charge on any atom is 0.249 e. The lowest BCUT2D eigenvalue weighted by atomic mass is 10.0. The van der Waals surface area contributed by atoms with E-state index in [4.69, 9.17) is 23.2 Å². The van der Waals surface area contributed by atoms with Crippen molar-refractivity contribution in [1.82, 2.24) is 15.2 Å². The number of hydrogen-bond acceptors (Lipinski definition) is 5. The zero-order valence-electron chi connectivity index (χ0n) is 13.0. The molecule has 0 aliphatic carbocycles. The Labute approximate surface area is 146 Å². The van der Waals surface area contributed by atoms with Gasteiger partial charge in [0, 0.05) is 18.3 Å². The van der Waals surface area contributed by atoms with E-state index in [9.17, 15) is 0 Å². The van der Waals surface area contributed by atoms with E-state index in [0.29, 0.717) is 22.0 Å². The summed E-state index contributed by atoms with van der Waals surface area (Å²) in [6.07, 6.45) is 6.52. The average Bonchev–Trinajstić information content (AvgIpc) is 2.58. The molecule has 3 rings (SSSR count). The Bertz CT molecular complexity index is 679. The Balaban J connectivity index is 1.80. The van der Waals surface area contributed by atoms with E-state index in [1.54, 1.807) is 18.3 Å². The van der Waals surface area contributed by atoms with Crippen LogP contribution in [0.2, 0.25) is 10.0 Å². The van der Waals surface area contributed by atoms with Crippen molar-refractivity contribution >= 4 is 40.7 Å². The first-order valence-electron chi connectivity index (χ1n) is 7.86. The van der Waals surface area contributed by atoms with Crippen LogP contribution < -0.4 is 10.2 Å². The van der Waals surface area contributed by atoms with Gasteiger partial charge < -0.3 is 10.2 Å². The van der Waals surface area contributed by atoms with Crippen LogP contribution in [0.4, 0.5) is 17.5 Å². The number of rotatable bonds is 4. The van der Waals surface area contributed by atoms with Crippen molar-refractivity contribution in [1.29, 1.82) is 0 Å². The Morgan fingerprint density at radius 1 is 1.26 bits per heavy atom. The van der Waals surface area contributed by atoms with Crippen LogP contribution in [-0.4, -0.2) is 27.8 Å². The predicted molar refractivity (Wildman–Crippen MR) is 94.8 cm³/mol. The molecule has 0 amide bonds. The Kier molecular flexibility index (Phi) is 5.18. The molecule has 1 aromatic heterocycles. The lowest BCUT2D eigenvalue weighted by Gasteiger charge is -2.35. The molecule has 122 valence electrons. The standard InChI is InChI=1S/C16H19Cl2N5/c1-2-12-5-3-4-8-23(12)15-10-19-22-16(21-15)20-11-6-7-13(17)14(18)9-11/h6-7,9-10,12H,2-5,8H2,1H3,(H,20,21,22). The highest BCUT2D eigenvalue weighted by Gasteiger charge is 2.22. The maximum atomic E-state index is 6.03. The van der Waals surface area contributed by atoms with Crippen LogP contribution >= 0.6 is 23.2 Å². The van der Waals surface area contributed by atoms with Gasteiger partial charge in [0.1, 0.15) is 0 Å². The zero-order valence-corrected chi connectivity index (χ0v) is 14.5. The van der Waals surface area contributed by atoms with Gasteiger partial charge in [0.05, 0.1) is 16.2 Å². The SMILES string of the molecule is CCC1CCCCN1c1cnnc(Nc2ccc(Cl)c(Cl)c2)n1. The summed E-state index contributed by atoms with van der Waals surface area (Å²) < 4.78 is 0. The molecule has 7 heteroatoms. The van der Waals surface area contributed by atoms with Crippen molar-refractivity contribution < 1.29 is 0 Å². The van der Waals surface area contributed by atoms with Crippen LogP contribution in [0, 0.1) is 0 Å². The van der Waals surface area contributed by atoms with Crippen LogP contribution in [0.25, 0.3) is 0 Å². The van der Waals surface area contributed by atoms with E-state index in [2.05, 4.69) is 32.3 Å². The van der Waals surface area contributed by atoms with Crippen LogP contribution in [0.15, 0.2) is 24.4 Å². The van der Waals surface area contributed by atoms with Gasteiger partial charge in [-0.2, -0.15) is 10.1 Å². The third kappa shape index (κ3) is 3.85. The molecule has 0 spiro atoms. The van der Waals surface area contributed by atoms with Gasteiger partial charge in [0.2, 0.25) is 5.95 Å². The van der Waals surface area contributed by atoms with E-state index in [0.717, 1.165) is 24.5 Å². The van der Waals surface area contributed by atoms with Crippen LogP contribution in [0.5, 0.6) is 0 Å². The lowest BCUT2D eigenvalue weighted by molar-refractivity contribution is 0.446. The number of nitrogens with zero attached hydrogens (tertiary/aromatic N) is 4.